The van der Waals surface area contributed by atoms with Gasteiger partial charge in [-0.3, -0.25) is 9.59 Å². The van der Waals surface area contributed by atoms with Gasteiger partial charge < -0.3 is 0 Å². The maximum absolute atomic E-state index is 12.5. The monoisotopic (exact) mass is 428 g/mol. The number of nitriles is 1. The first-order valence-corrected chi connectivity index (χ1v) is 10.0. The third-order valence-electron chi connectivity index (χ3n) is 4.12. The highest BCUT2D eigenvalue weighted by atomic mass is 35.5. The number of ketones is 2. The molecule has 0 fully saturated rings. The highest BCUT2D eigenvalue weighted by molar-refractivity contribution is 7.10. The quantitative estimate of drug-likeness (QED) is 0.435. The molecule has 4 nitrogen and oxygen atoms in total. The van der Waals surface area contributed by atoms with Gasteiger partial charge in [-0.25, -0.2) is 4.98 Å². The zero-order valence-corrected chi connectivity index (χ0v) is 16.9. The first-order chi connectivity index (χ1) is 13.5. The molecule has 1 aromatic heterocycles. The Balaban J connectivity index is 1.67. The molecule has 2 aromatic carbocycles. The normalized spacial score (nSPS) is 11.6. The van der Waals surface area contributed by atoms with E-state index in [1.165, 1.54) is 11.3 Å². The zero-order chi connectivity index (χ0) is 20.1. The molecular weight excluding hydrogens is 415 g/mol. The van der Waals surface area contributed by atoms with Gasteiger partial charge in [0.2, 0.25) is 0 Å². The Bertz CT molecular complexity index is 1040. The lowest BCUT2D eigenvalue weighted by atomic mass is 9.99. The van der Waals surface area contributed by atoms with Crippen LogP contribution in [0.25, 0.3) is 11.3 Å². The zero-order valence-electron chi connectivity index (χ0n) is 14.6. The predicted octanol–water partition coefficient (Wildman–Crippen LogP) is 5.96. The molecule has 28 heavy (non-hydrogen) atoms. The van der Waals surface area contributed by atoms with Crippen molar-refractivity contribution in [1.82, 2.24) is 4.98 Å². The molecule has 140 valence electrons. The van der Waals surface area contributed by atoms with Crippen LogP contribution < -0.4 is 0 Å². The minimum absolute atomic E-state index is 0.0183. The van der Waals surface area contributed by atoms with Crippen molar-refractivity contribution in [2.75, 3.05) is 0 Å². The fourth-order valence-corrected chi connectivity index (χ4v) is 3.74. The first-order valence-electron chi connectivity index (χ1n) is 8.40. The Morgan fingerprint density at radius 2 is 1.61 bits per heavy atom. The molecule has 3 aromatic rings. The standard InChI is InChI=1S/C21H14Cl2N2O2S/c22-15-5-1-13(2-6-15)18-12-28-21(25-18)17(11-24)20(27)10-9-19(26)14-3-7-16(23)8-4-14/h1-8,12,17H,9-10H2. The summed E-state index contributed by atoms with van der Waals surface area (Å²) in [4.78, 5) is 29.2. The van der Waals surface area contributed by atoms with Gasteiger partial charge >= 0.3 is 0 Å². The summed E-state index contributed by atoms with van der Waals surface area (Å²) in [5.74, 6) is -1.46. The number of thiazole rings is 1. The van der Waals surface area contributed by atoms with Crippen LogP contribution >= 0.6 is 34.5 Å². The number of carbonyl (C=O) groups is 2. The van der Waals surface area contributed by atoms with Gasteiger partial charge in [-0.2, -0.15) is 5.26 Å². The van der Waals surface area contributed by atoms with Gasteiger partial charge in [0.05, 0.1) is 11.8 Å². The lowest BCUT2D eigenvalue weighted by Gasteiger charge is -2.05. The fraction of sp³-hybridized carbons (Fsp3) is 0.143. The van der Waals surface area contributed by atoms with Crippen LogP contribution in [-0.4, -0.2) is 16.6 Å². The Morgan fingerprint density at radius 3 is 2.21 bits per heavy atom. The number of Topliss-reactive ketones (excluding diaryl/α,β-unsaturated/α-hetero) is 2. The molecule has 0 saturated heterocycles. The van der Waals surface area contributed by atoms with E-state index in [1.54, 1.807) is 41.8 Å². The minimum Gasteiger partial charge on any atom is -0.298 e. The van der Waals surface area contributed by atoms with E-state index in [0.717, 1.165) is 5.56 Å². The van der Waals surface area contributed by atoms with Crippen molar-refractivity contribution in [3.63, 3.8) is 0 Å². The lowest BCUT2D eigenvalue weighted by Crippen LogP contribution is -2.12. The van der Waals surface area contributed by atoms with Gasteiger partial charge in [0.25, 0.3) is 0 Å². The summed E-state index contributed by atoms with van der Waals surface area (Å²) in [6, 6.07) is 15.7. The number of nitrogens with zero attached hydrogens (tertiary/aromatic N) is 2. The summed E-state index contributed by atoms with van der Waals surface area (Å²) in [6.45, 7) is 0. The van der Waals surface area contributed by atoms with Crippen LogP contribution in [-0.2, 0) is 4.79 Å². The molecule has 0 aliphatic carbocycles. The Morgan fingerprint density at radius 1 is 1.00 bits per heavy atom. The van der Waals surface area contributed by atoms with Crippen LogP contribution in [0.4, 0.5) is 0 Å². The largest absolute Gasteiger partial charge is 0.298 e. The van der Waals surface area contributed by atoms with Crippen molar-refractivity contribution in [1.29, 1.82) is 5.26 Å². The molecule has 0 radical (unpaired) electrons. The second-order valence-corrected chi connectivity index (χ2v) is 7.80. The maximum Gasteiger partial charge on any atom is 0.163 e. The molecular formula is C21H14Cl2N2O2S. The van der Waals surface area contributed by atoms with Crippen LogP contribution in [0.2, 0.25) is 10.0 Å². The molecule has 1 atom stereocenters. The molecule has 0 N–H and O–H groups in total. The van der Waals surface area contributed by atoms with Crippen molar-refractivity contribution >= 4 is 46.1 Å². The van der Waals surface area contributed by atoms with E-state index >= 15 is 0 Å². The molecule has 1 heterocycles. The molecule has 0 aliphatic rings. The van der Waals surface area contributed by atoms with Crippen LogP contribution in [0, 0.1) is 11.3 Å². The second-order valence-electron chi connectivity index (χ2n) is 6.04. The molecule has 0 saturated carbocycles. The third-order valence-corrected chi connectivity index (χ3v) is 5.54. The van der Waals surface area contributed by atoms with Gasteiger partial charge in [0.15, 0.2) is 17.5 Å². The number of aromatic nitrogens is 1. The molecule has 0 aliphatic heterocycles. The van der Waals surface area contributed by atoms with Crippen LogP contribution in [0.1, 0.15) is 34.1 Å². The topological polar surface area (TPSA) is 70.8 Å². The van der Waals surface area contributed by atoms with E-state index in [2.05, 4.69) is 4.98 Å². The molecule has 3 rings (SSSR count). The number of hydrogen-bond acceptors (Lipinski definition) is 5. The summed E-state index contributed by atoms with van der Waals surface area (Å²) < 4.78 is 0. The smallest absolute Gasteiger partial charge is 0.163 e. The molecule has 1 unspecified atom stereocenters. The van der Waals surface area contributed by atoms with E-state index in [0.29, 0.717) is 26.3 Å². The van der Waals surface area contributed by atoms with Gasteiger partial charge in [-0.1, -0.05) is 35.3 Å². The van der Waals surface area contributed by atoms with E-state index in [4.69, 9.17) is 23.2 Å². The minimum atomic E-state index is -0.982. The number of halogens is 2. The third kappa shape index (κ3) is 4.85. The molecule has 0 amide bonds. The molecule has 7 heteroatoms. The number of benzene rings is 2. The predicted molar refractivity (Wildman–Crippen MR) is 111 cm³/mol. The average Bonchev–Trinajstić information content (AvgIpc) is 3.17. The van der Waals surface area contributed by atoms with Crippen molar-refractivity contribution in [2.24, 2.45) is 0 Å². The van der Waals surface area contributed by atoms with Crippen LogP contribution in [0.5, 0.6) is 0 Å². The van der Waals surface area contributed by atoms with Gasteiger partial charge in [-0.05, 0) is 36.4 Å². The number of rotatable bonds is 7. The summed E-state index contributed by atoms with van der Waals surface area (Å²) in [5, 5.41) is 12.8. The van der Waals surface area contributed by atoms with Gasteiger partial charge in [0, 0.05) is 39.4 Å². The van der Waals surface area contributed by atoms with Crippen molar-refractivity contribution in [3.8, 4) is 17.3 Å². The van der Waals surface area contributed by atoms with Crippen molar-refractivity contribution in [3.05, 3.63) is 74.5 Å². The Labute approximate surface area is 176 Å². The van der Waals surface area contributed by atoms with Gasteiger partial charge in [0.1, 0.15) is 5.01 Å². The SMILES string of the molecule is N#CC(C(=O)CCC(=O)c1ccc(Cl)cc1)c1nc(-c2ccc(Cl)cc2)cs1. The number of hydrogen-bond donors (Lipinski definition) is 0. The molecule has 0 bridgehead atoms. The van der Waals surface area contributed by atoms with Gasteiger partial charge in [-0.15, -0.1) is 11.3 Å². The molecule has 0 spiro atoms. The summed E-state index contributed by atoms with van der Waals surface area (Å²) in [7, 11) is 0. The van der Waals surface area contributed by atoms with Crippen molar-refractivity contribution < 1.29 is 9.59 Å². The Kier molecular flexibility index (Phi) is 6.58. The highest BCUT2D eigenvalue weighted by Crippen LogP contribution is 2.28. The Hall–Kier alpha value is -2.52. The summed E-state index contributed by atoms with van der Waals surface area (Å²) >= 11 is 13.0. The first kappa shape index (κ1) is 20.2. The number of carbonyl (C=O) groups excluding carboxylic acids is 2. The maximum atomic E-state index is 12.5. The van der Waals surface area contributed by atoms with E-state index in [-0.39, 0.29) is 24.4 Å². The van der Waals surface area contributed by atoms with E-state index in [1.807, 2.05) is 18.2 Å². The second kappa shape index (κ2) is 9.11. The fourth-order valence-electron chi connectivity index (χ4n) is 2.60. The van der Waals surface area contributed by atoms with E-state index in [9.17, 15) is 14.9 Å². The van der Waals surface area contributed by atoms with Crippen LogP contribution in [0.15, 0.2) is 53.9 Å². The van der Waals surface area contributed by atoms with Crippen molar-refractivity contribution in [2.45, 2.75) is 18.8 Å². The van der Waals surface area contributed by atoms with E-state index < -0.39 is 5.92 Å². The summed E-state index contributed by atoms with van der Waals surface area (Å²) in [6.07, 6.45) is 0.0175. The van der Waals surface area contributed by atoms with Crippen LogP contribution in [0.3, 0.4) is 0 Å². The highest BCUT2D eigenvalue weighted by Gasteiger charge is 2.24. The average molecular weight is 429 g/mol. The lowest BCUT2D eigenvalue weighted by molar-refractivity contribution is -0.119. The summed E-state index contributed by atoms with van der Waals surface area (Å²) in [5.41, 5.74) is 2.03.